The number of sulfonamides is 1. The van der Waals surface area contributed by atoms with Crippen molar-refractivity contribution in [3.05, 3.63) is 64.7 Å². The molecule has 3 rings (SSSR count). The first-order chi connectivity index (χ1) is 16.1. The Bertz CT molecular complexity index is 1100. The Morgan fingerprint density at radius 1 is 1.06 bits per heavy atom. The fraction of sp³-hybridized carbons (Fsp3) is 0.440. The lowest BCUT2D eigenvalue weighted by atomic mass is 10.1. The second-order valence-electron chi connectivity index (χ2n) is 8.89. The predicted molar refractivity (Wildman–Crippen MR) is 133 cm³/mol. The van der Waals surface area contributed by atoms with E-state index in [0.29, 0.717) is 5.02 Å². The molecule has 0 radical (unpaired) electrons. The molecule has 9 heteroatoms. The maximum absolute atomic E-state index is 13.4. The molecule has 0 aromatic heterocycles. The minimum absolute atomic E-state index is 0.115. The molecule has 2 aromatic rings. The lowest BCUT2D eigenvalue weighted by molar-refractivity contribution is -0.140. The van der Waals surface area contributed by atoms with E-state index in [2.05, 4.69) is 5.32 Å². The predicted octanol–water partition coefficient (Wildman–Crippen LogP) is 3.75. The maximum atomic E-state index is 13.4. The number of likely N-dealkylation sites (N-methyl/N-ethyl adjacent to an activating group) is 1. The van der Waals surface area contributed by atoms with Crippen LogP contribution in [0.5, 0.6) is 0 Å². The highest BCUT2D eigenvalue weighted by atomic mass is 35.5. The van der Waals surface area contributed by atoms with Gasteiger partial charge in [-0.1, -0.05) is 54.3 Å². The molecular weight excluding hydrogens is 474 g/mol. The zero-order chi connectivity index (χ0) is 24.9. The van der Waals surface area contributed by atoms with Crippen LogP contribution in [0.25, 0.3) is 0 Å². The van der Waals surface area contributed by atoms with E-state index < -0.39 is 22.0 Å². The molecule has 0 heterocycles. The van der Waals surface area contributed by atoms with E-state index in [1.54, 1.807) is 43.3 Å². The Hall–Kier alpha value is -2.42. The molecule has 0 bridgehead atoms. The zero-order valence-corrected chi connectivity index (χ0v) is 21.4. The van der Waals surface area contributed by atoms with Crippen LogP contribution in [0, 0.1) is 6.92 Å². The first-order valence-electron chi connectivity index (χ1n) is 11.4. The van der Waals surface area contributed by atoms with Crippen molar-refractivity contribution in [1.29, 1.82) is 0 Å². The summed E-state index contributed by atoms with van der Waals surface area (Å²) in [4.78, 5) is 27.9. The number of nitrogens with one attached hydrogen (secondary N) is 1. The molecule has 1 fully saturated rings. The molecule has 1 atom stereocenters. The van der Waals surface area contributed by atoms with Crippen LogP contribution in [-0.2, 0) is 26.2 Å². The van der Waals surface area contributed by atoms with Crippen molar-refractivity contribution in [1.82, 2.24) is 14.5 Å². The number of halogens is 1. The van der Waals surface area contributed by atoms with Crippen molar-refractivity contribution in [3.63, 3.8) is 0 Å². The van der Waals surface area contributed by atoms with Crippen LogP contribution in [0.15, 0.2) is 53.4 Å². The van der Waals surface area contributed by atoms with Gasteiger partial charge in [-0.05, 0) is 56.5 Å². The highest BCUT2D eigenvalue weighted by molar-refractivity contribution is 7.89. The molecule has 184 valence electrons. The summed E-state index contributed by atoms with van der Waals surface area (Å²) in [7, 11) is -2.49. The molecule has 2 amide bonds. The molecule has 0 aliphatic heterocycles. The van der Waals surface area contributed by atoms with Gasteiger partial charge in [0.1, 0.15) is 6.04 Å². The van der Waals surface area contributed by atoms with Gasteiger partial charge in [0, 0.05) is 24.7 Å². The van der Waals surface area contributed by atoms with Crippen LogP contribution in [0.3, 0.4) is 0 Å². The summed E-state index contributed by atoms with van der Waals surface area (Å²) >= 11 is 5.99. The van der Waals surface area contributed by atoms with Gasteiger partial charge in [0.2, 0.25) is 21.8 Å². The minimum Gasteiger partial charge on any atom is -0.352 e. The fourth-order valence-electron chi connectivity index (χ4n) is 4.02. The molecule has 1 N–H and O–H groups in total. The average Bonchev–Trinajstić information content (AvgIpc) is 3.31. The van der Waals surface area contributed by atoms with E-state index in [1.807, 2.05) is 6.92 Å². The van der Waals surface area contributed by atoms with Crippen LogP contribution in [0.2, 0.25) is 5.02 Å². The molecule has 0 spiro atoms. The lowest BCUT2D eigenvalue weighted by Crippen LogP contribution is -2.52. The summed E-state index contributed by atoms with van der Waals surface area (Å²) in [6.45, 7) is 3.32. The number of hydrogen-bond donors (Lipinski definition) is 1. The third-order valence-corrected chi connectivity index (χ3v) is 8.29. The Balaban J connectivity index is 1.78. The van der Waals surface area contributed by atoms with Crippen molar-refractivity contribution in [2.45, 2.75) is 63.1 Å². The summed E-state index contributed by atoms with van der Waals surface area (Å²) in [6, 6.07) is 12.8. The van der Waals surface area contributed by atoms with Gasteiger partial charge < -0.3 is 10.2 Å². The molecule has 2 aromatic carbocycles. The lowest BCUT2D eigenvalue weighted by Gasteiger charge is -2.31. The molecule has 1 aliphatic rings. The van der Waals surface area contributed by atoms with Crippen LogP contribution >= 0.6 is 11.6 Å². The average molecular weight is 506 g/mol. The highest BCUT2D eigenvalue weighted by Crippen LogP contribution is 2.20. The molecule has 1 aliphatic carbocycles. The number of carbonyl (C=O) groups is 2. The van der Waals surface area contributed by atoms with Gasteiger partial charge in [-0.2, -0.15) is 4.31 Å². The number of aryl methyl sites for hydroxylation is 1. The van der Waals surface area contributed by atoms with Gasteiger partial charge >= 0.3 is 0 Å². The number of amides is 2. The first-order valence-corrected chi connectivity index (χ1v) is 13.3. The summed E-state index contributed by atoms with van der Waals surface area (Å²) in [6.07, 6.45) is 4.02. The standard InChI is InChI=1S/C25H32ClN3O4S/c1-18-8-14-23(15-9-18)34(32,33)28(3)17-24(30)29(16-20-10-12-21(26)13-11-20)19(2)25(31)27-22-6-4-5-7-22/h8-15,19,22H,4-7,16-17H2,1-3H3,(H,27,31)/t19-/m0/s1. The Kier molecular flexibility index (Phi) is 8.73. The zero-order valence-electron chi connectivity index (χ0n) is 19.8. The van der Waals surface area contributed by atoms with Gasteiger partial charge in [-0.15, -0.1) is 0 Å². The summed E-state index contributed by atoms with van der Waals surface area (Å²) in [5.41, 5.74) is 1.73. The van der Waals surface area contributed by atoms with Crippen LogP contribution in [-0.4, -0.2) is 55.1 Å². The number of rotatable bonds is 9. The van der Waals surface area contributed by atoms with Gasteiger partial charge in [0.05, 0.1) is 11.4 Å². The third-order valence-electron chi connectivity index (χ3n) is 6.22. The molecule has 0 unspecified atom stereocenters. The largest absolute Gasteiger partial charge is 0.352 e. The Morgan fingerprint density at radius 2 is 1.65 bits per heavy atom. The van der Waals surface area contributed by atoms with Crippen LogP contribution in [0.4, 0.5) is 0 Å². The maximum Gasteiger partial charge on any atom is 0.243 e. The number of carbonyl (C=O) groups excluding carboxylic acids is 2. The second-order valence-corrected chi connectivity index (χ2v) is 11.4. The van der Waals surface area contributed by atoms with E-state index >= 15 is 0 Å². The van der Waals surface area contributed by atoms with Crippen molar-refractivity contribution in [3.8, 4) is 0 Å². The van der Waals surface area contributed by atoms with Crippen LogP contribution in [0.1, 0.15) is 43.7 Å². The second kappa shape index (κ2) is 11.3. The van der Waals surface area contributed by atoms with Crippen LogP contribution < -0.4 is 5.32 Å². The summed E-state index contributed by atoms with van der Waals surface area (Å²) in [5.74, 6) is -0.694. The van der Waals surface area contributed by atoms with Crippen molar-refractivity contribution >= 4 is 33.4 Å². The number of benzene rings is 2. The van der Waals surface area contributed by atoms with E-state index in [0.717, 1.165) is 41.1 Å². The minimum atomic E-state index is -3.86. The van der Waals surface area contributed by atoms with E-state index in [9.17, 15) is 18.0 Å². The monoisotopic (exact) mass is 505 g/mol. The van der Waals surface area contributed by atoms with E-state index in [4.69, 9.17) is 11.6 Å². The van der Waals surface area contributed by atoms with Crippen molar-refractivity contribution in [2.75, 3.05) is 13.6 Å². The van der Waals surface area contributed by atoms with Gasteiger partial charge in [0.25, 0.3) is 0 Å². The van der Waals surface area contributed by atoms with Crippen molar-refractivity contribution < 1.29 is 18.0 Å². The number of hydrogen-bond acceptors (Lipinski definition) is 4. The first kappa shape index (κ1) is 26.2. The topological polar surface area (TPSA) is 86.8 Å². The molecule has 7 nitrogen and oxygen atoms in total. The molecule has 1 saturated carbocycles. The molecule has 0 saturated heterocycles. The summed E-state index contributed by atoms with van der Waals surface area (Å²) < 4.78 is 27.0. The smallest absolute Gasteiger partial charge is 0.243 e. The fourth-order valence-corrected chi connectivity index (χ4v) is 5.26. The van der Waals surface area contributed by atoms with Crippen molar-refractivity contribution in [2.24, 2.45) is 0 Å². The van der Waals surface area contributed by atoms with Gasteiger partial charge in [0.15, 0.2) is 0 Å². The van der Waals surface area contributed by atoms with Gasteiger partial charge in [-0.3, -0.25) is 9.59 Å². The third kappa shape index (κ3) is 6.58. The highest BCUT2D eigenvalue weighted by Gasteiger charge is 2.31. The quantitative estimate of drug-likeness (QED) is 0.562. The Labute approximate surface area is 207 Å². The normalized spacial score (nSPS) is 15.3. The molecule has 34 heavy (non-hydrogen) atoms. The molecular formula is C25H32ClN3O4S. The number of nitrogens with zero attached hydrogens (tertiary/aromatic N) is 2. The van der Waals surface area contributed by atoms with E-state index in [1.165, 1.54) is 24.1 Å². The Morgan fingerprint density at radius 3 is 2.24 bits per heavy atom. The van der Waals surface area contributed by atoms with E-state index in [-0.39, 0.29) is 29.9 Å². The summed E-state index contributed by atoms with van der Waals surface area (Å²) in [5, 5.41) is 3.60. The SMILES string of the molecule is Cc1ccc(S(=O)(=O)N(C)CC(=O)N(Cc2ccc(Cl)cc2)[C@@H](C)C(=O)NC2CCCC2)cc1. The van der Waals surface area contributed by atoms with Gasteiger partial charge in [-0.25, -0.2) is 8.42 Å².